The summed E-state index contributed by atoms with van der Waals surface area (Å²) in [6.07, 6.45) is 7.99. The van der Waals surface area contributed by atoms with E-state index < -0.39 is 0 Å². The van der Waals surface area contributed by atoms with Gasteiger partial charge in [-0.15, -0.1) is 0 Å². The quantitative estimate of drug-likeness (QED) is 0.555. The number of nitrogens with zero attached hydrogens (tertiary/aromatic N) is 3. The molecule has 1 heterocycles. The lowest BCUT2D eigenvalue weighted by Crippen LogP contribution is -2.27. The molecule has 0 aromatic carbocycles. The van der Waals surface area contributed by atoms with Gasteiger partial charge in [0.15, 0.2) is 0 Å². The molecule has 0 aliphatic heterocycles. The van der Waals surface area contributed by atoms with Crippen molar-refractivity contribution in [1.82, 2.24) is 15.0 Å². The zero-order valence-electron chi connectivity index (χ0n) is 14.3. The molecule has 1 aromatic rings. The third-order valence-electron chi connectivity index (χ3n) is 4.15. The minimum atomic E-state index is -0.0426. The Kier molecular flexibility index (Phi) is 7.32. The maximum Gasteiger partial charge on any atom is 0.229 e. The third-order valence-corrected chi connectivity index (χ3v) is 4.15. The summed E-state index contributed by atoms with van der Waals surface area (Å²) in [6, 6.07) is 0.400. The van der Waals surface area contributed by atoms with Crippen LogP contribution >= 0.6 is 0 Å². The Balaban J connectivity index is 2.10. The molecule has 0 spiro atoms. The SMILES string of the molecule is CCCNc1nc(NC2CCCCC2)nc(N[C@H](CC)CO)n1. The van der Waals surface area contributed by atoms with Crippen LogP contribution in [0, 0.1) is 0 Å². The van der Waals surface area contributed by atoms with Crippen LogP contribution in [0.1, 0.15) is 58.8 Å². The van der Waals surface area contributed by atoms with Crippen molar-refractivity contribution in [2.45, 2.75) is 70.9 Å². The van der Waals surface area contributed by atoms with E-state index in [9.17, 15) is 5.11 Å². The minimum absolute atomic E-state index is 0.0426. The second kappa shape index (κ2) is 9.50. The molecule has 23 heavy (non-hydrogen) atoms. The molecule has 0 bridgehead atoms. The fourth-order valence-corrected chi connectivity index (χ4v) is 2.71. The molecular weight excluding hydrogens is 292 g/mol. The van der Waals surface area contributed by atoms with E-state index in [0.717, 1.165) is 19.4 Å². The van der Waals surface area contributed by atoms with E-state index >= 15 is 0 Å². The molecule has 1 aliphatic carbocycles. The molecule has 0 saturated heterocycles. The standard InChI is InChI=1S/C16H30N6O/c1-3-10-17-14-20-15(18-12(4-2)11-23)22-16(21-14)19-13-8-6-5-7-9-13/h12-13,23H,3-11H2,1-2H3,(H3,17,18,19,20,21,22)/t12-/m1/s1. The monoisotopic (exact) mass is 322 g/mol. The maximum atomic E-state index is 9.36. The Labute approximate surface area is 138 Å². The molecule has 1 aliphatic rings. The smallest absolute Gasteiger partial charge is 0.229 e. The zero-order valence-corrected chi connectivity index (χ0v) is 14.3. The lowest BCUT2D eigenvalue weighted by molar-refractivity contribution is 0.271. The molecule has 0 unspecified atom stereocenters. The summed E-state index contributed by atoms with van der Waals surface area (Å²) in [5.41, 5.74) is 0. The molecule has 0 amide bonds. The predicted octanol–water partition coefficient (Wildman–Crippen LogP) is 2.62. The average molecular weight is 322 g/mol. The van der Waals surface area contributed by atoms with Gasteiger partial charge in [-0.1, -0.05) is 33.1 Å². The van der Waals surface area contributed by atoms with Crippen LogP contribution in [0.25, 0.3) is 0 Å². The first-order valence-corrected chi connectivity index (χ1v) is 8.89. The van der Waals surface area contributed by atoms with Gasteiger partial charge < -0.3 is 21.1 Å². The molecule has 7 heteroatoms. The maximum absolute atomic E-state index is 9.36. The summed E-state index contributed by atoms with van der Waals surface area (Å²) in [5.74, 6) is 1.70. The number of nitrogens with one attached hydrogen (secondary N) is 3. The number of aliphatic hydroxyl groups excluding tert-OH is 1. The summed E-state index contributed by atoms with van der Waals surface area (Å²) in [6.45, 7) is 5.01. The number of aromatic nitrogens is 3. The summed E-state index contributed by atoms with van der Waals surface area (Å²) < 4.78 is 0. The summed E-state index contributed by atoms with van der Waals surface area (Å²) in [4.78, 5) is 13.4. The first-order valence-electron chi connectivity index (χ1n) is 8.89. The third kappa shape index (κ3) is 5.82. The van der Waals surface area contributed by atoms with Gasteiger partial charge in [-0.05, 0) is 25.7 Å². The molecule has 7 nitrogen and oxygen atoms in total. The second-order valence-electron chi connectivity index (χ2n) is 6.14. The highest BCUT2D eigenvalue weighted by molar-refractivity contribution is 5.43. The lowest BCUT2D eigenvalue weighted by atomic mass is 9.96. The van der Waals surface area contributed by atoms with Crippen molar-refractivity contribution in [2.24, 2.45) is 0 Å². The van der Waals surface area contributed by atoms with Crippen molar-refractivity contribution in [1.29, 1.82) is 0 Å². The van der Waals surface area contributed by atoms with E-state index in [2.05, 4.69) is 37.8 Å². The van der Waals surface area contributed by atoms with Crippen molar-refractivity contribution >= 4 is 17.8 Å². The van der Waals surface area contributed by atoms with Crippen LogP contribution < -0.4 is 16.0 Å². The molecule has 1 saturated carbocycles. The van der Waals surface area contributed by atoms with Gasteiger partial charge in [-0.3, -0.25) is 0 Å². The van der Waals surface area contributed by atoms with Crippen LogP contribution in [0.5, 0.6) is 0 Å². The molecule has 0 radical (unpaired) electrons. The Morgan fingerprint density at radius 1 is 1.04 bits per heavy atom. The highest BCUT2D eigenvalue weighted by Crippen LogP contribution is 2.21. The van der Waals surface area contributed by atoms with Crippen LogP contribution in [0.4, 0.5) is 17.8 Å². The van der Waals surface area contributed by atoms with Crippen molar-refractivity contribution in [3.63, 3.8) is 0 Å². The van der Waals surface area contributed by atoms with Crippen LogP contribution in [0.15, 0.2) is 0 Å². The van der Waals surface area contributed by atoms with Crippen LogP contribution in [-0.4, -0.2) is 45.3 Å². The number of anilines is 3. The van der Waals surface area contributed by atoms with Gasteiger partial charge in [0.25, 0.3) is 0 Å². The average Bonchev–Trinajstić information content (AvgIpc) is 2.58. The highest BCUT2D eigenvalue weighted by Gasteiger charge is 2.16. The largest absolute Gasteiger partial charge is 0.394 e. The first-order chi connectivity index (χ1) is 11.2. The Morgan fingerprint density at radius 3 is 2.39 bits per heavy atom. The highest BCUT2D eigenvalue weighted by atomic mass is 16.3. The van der Waals surface area contributed by atoms with Crippen molar-refractivity contribution < 1.29 is 5.11 Å². The first kappa shape index (κ1) is 17.7. The lowest BCUT2D eigenvalue weighted by Gasteiger charge is -2.23. The van der Waals surface area contributed by atoms with E-state index in [0.29, 0.717) is 23.9 Å². The Bertz CT molecular complexity index is 460. The zero-order chi connectivity index (χ0) is 16.5. The van der Waals surface area contributed by atoms with Crippen molar-refractivity contribution in [2.75, 3.05) is 29.1 Å². The van der Waals surface area contributed by atoms with E-state index in [1.807, 2.05) is 6.92 Å². The van der Waals surface area contributed by atoms with Crippen molar-refractivity contribution in [3.05, 3.63) is 0 Å². The number of aliphatic hydroxyl groups is 1. The van der Waals surface area contributed by atoms with E-state index in [-0.39, 0.29) is 12.6 Å². The van der Waals surface area contributed by atoms with Crippen LogP contribution in [-0.2, 0) is 0 Å². The fourth-order valence-electron chi connectivity index (χ4n) is 2.71. The molecular formula is C16H30N6O. The normalized spacial score (nSPS) is 16.8. The topological polar surface area (TPSA) is 95.0 Å². The molecule has 2 rings (SSSR count). The number of hydrogen-bond acceptors (Lipinski definition) is 7. The Morgan fingerprint density at radius 2 is 1.74 bits per heavy atom. The van der Waals surface area contributed by atoms with Gasteiger partial charge in [0.05, 0.1) is 12.6 Å². The summed E-state index contributed by atoms with van der Waals surface area (Å²) in [7, 11) is 0. The molecule has 1 fully saturated rings. The van der Waals surface area contributed by atoms with Gasteiger partial charge in [0.1, 0.15) is 0 Å². The minimum Gasteiger partial charge on any atom is -0.394 e. The van der Waals surface area contributed by atoms with Crippen LogP contribution in [0.3, 0.4) is 0 Å². The van der Waals surface area contributed by atoms with Crippen LogP contribution in [0.2, 0.25) is 0 Å². The molecule has 4 N–H and O–H groups in total. The molecule has 130 valence electrons. The number of rotatable bonds is 9. The second-order valence-corrected chi connectivity index (χ2v) is 6.14. The van der Waals surface area contributed by atoms with E-state index in [1.54, 1.807) is 0 Å². The van der Waals surface area contributed by atoms with Gasteiger partial charge in [0.2, 0.25) is 17.8 Å². The van der Waals surface area contributed by atoms with Gasteiger partial charge >= 0.3 is 0 Å². The molecule has 1 aromatic heterocycles. The van der Waals surface area contributed by atoms with Gasteiger partial charge in [-0.2, -0.15) is 15.0 Å². The summed E-state index contributed by atoms with van der Waals surface area (Å²) in [5, 5.41) is 19.2. The Hall–Kier alpha value is -1.63. The van der Waals surface area contributed by atoms with Gasteiger partial charge in [-0.25, -0.2) is 0 Å². The fraction of sp³-hybridized carbons (Fsp3) is 0.812. The predicted molar refractivity (Wildman–Crippen MR) is 93.9 cm³/mol. The van der Waals surface area contributed by atoms with E-state index in [4.69, 9.17) is 0 Å². The summed E-state index contributed by atoms with van der Waals surface area (Å²) >= 11 is 0. The number of hydrogen-bond donors (Lipinski definition) is 4. The molecule has 1 atom stereocenters. The van der Waals surface area contributed by atoms with Gasteiger partial charge in [0, 0.05) is 12.6 Å². The van der Waals surface area contributed by atoms with Crippen molar-refractivity contribution in [3.8, 4) is 0 Å². The van der Waals surface area contributed by atoms with E-state index in [1.165, 1.54) is 32.1 Å².